The molecule has 1 saturated carbocycles. The lowest BCUT2D eigenvalue weighted by atomic mass is 9.87. The molecule has 1 amide bonds. The highest BCUT2D eigenvalue weighted by atomic mass is 19.4. The van der Waals surface area contributed by atoms with Crippen LogP contribution in [0.2, 0.25) is 0 Å². The second-order valence-electron chi connectivity index (χ2n) is 6.00. The lowest BCUT2D eigenvalue weighted by Crippen LogP contribution is -2.44. The predicted octanol–water partition coefficient (Wildman–Crippen LogP) is 3.62. The van der Waals surface area contributed by atoms with Crippen molar-refractivity contribution in [2.75, 3.05) is 0 Å². The molecule has 130 valence electrons. The molecule has 2 N–H and O–H groups in total. The molecule has 0 saturated heterocycles. The second kappa shape index (κ2) is 6.67. The van der Waals surface area contributed by atoms with Crippen LogP contribution in [0.25, 0.3) is 0 Å². The zero-order chi connectivity index (χ0) is 18.0. The van der Waals surface area contributed by atoms with Crippen LogP contribution in [-0.4, -0.2) is 17.0 Å². The summed E-state index contributed by atoms with van der Waals surface area (Å²) in [5.74, 6) is -1.75. The Bertz CT molecular complexity index is 644. The van der Waals surface area contributed by atoms with Gasteiger partial charge >= 0.3 is 12.1 Å². The maximum absolute atomic E-state index is 12.7. The van der Waals surface area contributed by atoms with Gasteiger partial charge in [-0.15, -0.1) is 0 Å². The van der Waals surface area contributed by atoms with Crippen molar-refractivity contribution in [3.8, 4) is 0 Å². The molecule has 0 spiro atoms. The Kier molecular flexibility index (Phi) is 5.01. The topological polar surface area (TPSA) is 66.4 Å². The van der Waals surface area contributed by atoms with Crippen LogP contribution in [0, 0.1) is 0 Å². The Hall–Kier alpha value is -2.31. The van der Waals surface area contributed by atoms with E-state index in [9.17, 15) is 22.8 Å². The number of nitrogens with one attached hydrogen (secondary N) is 1. The SMILES string of the molecule is C=C(CC(=O)NC1(c2ccc(C(F)(F)F)cc2)CCCC1)C(=O)O. The highest BCUT2D eigenvalue weighted by Crippen LogP contribution is 2.40. The second-order valence-corrected chi connectivity index (χ2v) is 6.00. The largest absolute Gasteiger partial charge is 0.478 e. The maximum atomic E-state index is 12.7. The fourth-order valence-electron chi connectivity index (χ4n) is 3.02. The normalized spacial score (nSPS) is 16.6. The lowest BCUT2D eigenvalue weighted by Gasteiger charge is -2.31. The van der Waals surface area contributed by atoms with Crippen LogP contribution in [0.4, 0.5) is 13.2 Å². The van der Waals surface area contributed by atoms with Gasteiger partial charge in [-0.05, 0) is 30.5 Å². The van der Waals surface area contributed by atoms with E-state index < -0.39 is 29.2 Å². The number of carboxylic acids is 1. The molecule has 7 heteroatoms. The molecule has 1 fully saturated rings. The van der Waals surface area contributed by atoms with Gasteiger partial charge in [-0.1, -0.05) is 31.6 Å². The molecule has 1 aromatic rings. The number of amides is 1. The van der Waals surface area contributed by atoms with Gasteiger partial charge in [-0.3, -0.25) is 4.79 Å². The molecule has 24 heavy (non-hydrogen) atoms. The summed E-state index contributed by atoms with van der Waals surface area (Å²) in [5.41, 5.74) is -1.12. The standard InChI is InChI=1S/C17H18F3NO3/c1-11(15(23)24)10-14(22)21-16(8-2-3-9-16)12-4-6-13(7-5-12)17(18,19)20/h4-7H,1-3,8-10H2,(H,21,22)(H,23,24). The summed E-state index contributed by atoms with van der Waals surface area (Å²) in [6, 6.07) is 4.75. The van der Waals surface area contributed by atoms with Gasteiger partial charge in [0.25, 0.3) is 0 Å². The first-order valence-corrected chi connectivity index (χ1v) is 7.54. The first-order valence-electron chi connectivity index (χ1n) is 7.54. The predicted molar refractivity (Wildman–Crippen MR) is 81.1 cm³/mol. The molecule has 1 aromatic carbocycles. The fourth-order valence-corrected chi connectivity index (χ4v) is 3.02. The molecule has 0 radical (unpaired) electrons. The molecule has 4 nitrogen and oxygen atoms in total. The average molecular weight is 341 g/mol. The molecule has 0 aromatic heterocycles. The number of alkyl halides is 3. The molecule has 0 atom stereocenters. The highest BCUT2D eigenvalue weighted by molar-refractivity contribution is 5.93. The van der Waals surface area contributed by atoms with Crippen molar-refractivity contribution in [2.45, 2.75) is 43.8 Å². The van der Waals surface area contributed by atoms with Gasteiger partial charge in [0.15, 0.2) is 0 Å². The van der Waals surface area contributed by atoms with E-state index >= 15 is 0 Å². The Morgan fingerprint density at radius 1 is 1.17 bits per heavy atom. The number of benzene rings is 1. The minimum Gasteiger partial charge on any atom is -0.478 e. The summed E-state index contributed by atoms with van der Waals surface area (Å²) < 4.78 is 38.1. The third-order valence-corrected chi connectivity index (χ3v) is 4.28. The van der Waals surface area contributed by atoms with Crippen LogP contribution < -0.4 is 5.32 Å². The van der Waals surface area contributed by atoms with E-state index in [0.29, 0.717) is 18.4 Å². The molecular formula is C17H18F3NO3. The van der Waals surface area contributed by atoms with E-state index in [1.807, 2.05) is 0 Å². The van der Waals surface area contributed by atoms with Crippen molar-refractivity contribution >= 4 is 11.9 Å². The number of hydrogen-bond acceptors (Lipinski definition) is 2. The van der Waals surface area contributed by atoms with Crippen LogP contribution in [0.3, 0.4) is 0 Å². The van der Waals surface area contributed by atoms with Crippen LogP contribution in [0.1, 0.15) is 43.2 Å². The minimum absolute atomic E-state index is 0.229. The van der Waals surface area contributed by atoms with E-state index in [1.165, 1.54) is 12.1 Å². The molecule has 0 heterocycles. The average Bonchev–Trinajstić information content (AvgIpc) is 2.95. The third kappa shape index (κ3) is 3.96. The summed E-state index contributed by atoms with van der Waals surface area (Å²) in [5, 5.41) is 11.6. The molecule has 0 aliphatic heterocycles. The molecule has 1 aliphatic carbocycles. The van der Waals surface area contributed by atoms with Crippen molar-refractivity contribution in [1.29, 1.82) is 0 Å². The summed E-state index contributed by atoms with van der Waals surface area (Å²) in [7, 11) is 0. The monoisotopic (exact) mass is 341 g/mol. The molecular weight excluding hydrogens is 323 g/mol. The number of carboxylic acid groups (broad SMARTS) is 1. The molecule has 2 rings (SSSR count). The number of rotatable bonds is 5. The quantitative estimate of drug-likeness (QED) is 0.804. The summed E-state index contributed by atoms with van der Waals surface area (Å²) in [6.45, 7) is 3.32. The van der Waals surface area contributed by atoms with E-state index in [0.717, 1.165) is 25.0 Å². The summed E-state index contributed by atoms with van der Waals surface area (Å²) in [4.78, 5) is 22.9. The van der Waals surface area contributed by atoms with Gasteiger partial charge < -0.3 is 10.4 Å². The zero-order valence-corrected chi connectivity index (χ0v) is 12.9. The van der Waals surface area contributed by atoms with Crippen molar-refractivity contribution in [3.63, 3.8) is 0 Å². The van der Waals surface area contributed by atoms with E-state index in [-0.39, 0.29) is 12.0 Å². The number of carbonyl (C=O) groups excluding carboxylic acids is 1. The number of hydrogen-bond donors (Lipinski definition) is 2. The number of carbonyl (C=O) groups is 2. The van der Waals surface area contributed by atoms with Gasteiger partial charge in [-0.25, -0.2) is 4.79 Å². The number of halogens is 3. The first-order chi connectivity index (χ1) is 11.1. The third-order valence-electron chi connectivity index (χ3n) is 4.28. The molecule has 0 bridgehead atoms. The van der Waals surface area contributed by atoms with E-state index in [2.05, 4.69) is 11.9 Å². The van der Waals surface area contributed by atoms with Gasteiger partial charge in [-0.2, -0.15) is 13.2 Å². The Labute approximate surface area is 137 Å². The van der Waals surface area contributed by atoms with Crippen LogP contribution >= 0.6 is 0 Å². The van der Waals surface area contributed by atoms with Gasteiger partial charge in [0, 0.05) is 5.57 Å². The van der Waals surface area contributed by atoms with Crippen LogP contribution in [-0.2, 0) is 21.3 Å². The fraction of sp³-hybridized carbons (Fsp3) is 0.412. The van der Waals surface area contributed by atoms with Crippen LogP contribution in [0.15, 0.2) is 36.4 Å². The van der Waals surface area contributed by atoms with E-state index in [4.69, 9.17) is 5.11 Å². The van der Waals surface area contributed by atoms with Gasteiger partial charge in [0.1, 0.15) is 0 Å². The lowest BCUT2D eigenvalue weighted by molar-refractivity contribution is -0.137. The number of aliphatic carboxylic acids is 1. The Balaban J connectivity index is 2.20. The Morgan fingerprint density at radius 2 is 1.71 bits per heavy atom. The van der Waals surface area contributed by atoms with Gasteiger partial charge in [0.2, 0.25) is 5.91 Å². The first kappa shape index (κ1) is 18.0. The highest BCUT2D eigenvalue weighted by Gasteiger charge is 2.38. The van der Waals surface area contributed by atoms with E-state index in [1.54, 1.807) is 0 Å². The Morgan fingerprint density at radius 3 is 2.17 bits per heavy atom. The summed E-state index contributed by atoms with van der Waals surface area (Å²) in [6.07, 6.45) is -1.89. The molecule has 1 aliphatic rings. The van der Waals surface area contributed by atoms with Gasteiger partial charge in [0.05, 0.1) is 17.5 Å². The minimum atomic E-state index is -4.41. The van der Waals surface area contributed by atoms with Crippen molar-refractivity contribution in [3.05, 3.63) is 47.5 Å². The zero-order valence-electron chi connectivity index (χ0n) is 12.9. The van der Waals surface area contributed by atoms with Crippen molar-refractivity contribution in [2.24, 2.45) is 0 Å². The van der Waals surface area contributed by atoms with Crippen LogP contribution in [0.5, 0.6) is 0 Å². The maximum Gasteiger partial charge on any atom is 0.416 e. The smallest absolute Gasteiger partial charge is 0.416 e. The van der Waals surface area contributed by atoms with Crippen molar-refractivity contribution in [1.82, 2.24) is 5.32 Å². The summed E-state index contributed by atoms with van der Waals surface area (Å²) >= 11 is 0. The van der Waals surface area contributed by atoms with Crippen molar-refractivity contribution < 1.29 is 27.9 Å². The molecule has 0 unspecified atom stereocenters.